The van der Waals surface area contributed by atoms with E-state index in [-0.39, 0.29) is 12.6 Å². The minimum Gasteiger partial charge on any atom is -0.494 e. The van der Waals surface area contributed by atoms with Gasteiger partial charge in [-0.05, 0) is 54.4 Å². The summed E-state index contributed by atoms with van der Waals surface area (Å²) in [5.41, 5.74) is 0.699. The molecular weight excluding hydrogens is 480 g/mol. The van der Waals surface area contributed by atoms with Gasteiger partial charge in [-0.1, -0.05) is 58.4 Å². The van der Waals surface area contributed by atoms with E-state index in [0.29, 0.717) is 18.8 Å². The number of benzene rings is 3. The molecule has 0 bridgehead atoms. The van der Waals surface area contributed by atoms with Crippen LogP contribution in [0.4, 0.5) is 0 Å². The van der Waals surface area contributed by atoms with Crippen molar-refractivity contribution < 1.29 is 19.0 Å². The van der Waals surface area contributed by atoms with Gasteiger partial charge in [-0.3, -0.25) is 4.79 Å². The molecule has 2 atom stereocenters. The second-order valence-electron chi connectivity index (χ2n) is 7.38. The van der Waals surface area contributed by atoms with E-state index in [1.165, 1.54) is 0 Å². The highest BCUT2D eigenvalue weighted by molar-refractivity contribution is 9.10. The van der Waals surface area contributed by atoms with Gasteiger partial charge in [0.25, 0.3) is 0 Å². The maximum atomic E-state index is 13.1. The molecule has 3 aromatic rings. The molecule has 3 aromatic carbocycles. The maximum absolute atomic E-state index is 13.1. The predicted molar refractivity (Wildman–Crippen MR) is 124 cm³/mol. The Morgan fingerprint density at radius 2 is 1.65 bits per heavy atom. The number of carbonyl (C=O) groups is 1. The van der Waals surface area contributed by atoms with Gasteiger partial charge in [-0.25, -0.2) is 0 Å². The molecule has 31 heavy (non-hydrogen) atoms. The van der Waals surface area contributed by atoms with E-state index in [2.05, 4.69) is 15.9 Å². The van der Waals surface area contributed by atoms with E-state index in [1.807, 2.05) is 85.8 Å². The highest BCUT2D eigenvalue weighted by atomic mass is 79.9. The zero-order chi connectivity index (χ0) is 21.9. The molecule has 4 rings (SSSR count). The minimum absolute atomic E-state index is 0.129. The first-order valence-corrected chi connectivity index (χ1v) is 11.2. The monoisotopic (exact) mass is 500 g/mol. The van der Waals surface area contributed by atoms with Crippen molar-refractivity contribution in [3.63, 3.8) is 0 Å². The van der Waals surface area contributed by atoms with Crippen molar-refractivity contribution in [2.24, 2.45) is 0 Å². The van der Waals surface area contributed by atoms with E-state index in [9.17, 15) is 4.79 Å². The van der Waals surface area contributed by atoms with Gasteiger partial charge in [-0.2, -0.15) is 0 Å². The highest BCUT2D eigenvalue weighted by Gasteiger charge is 2.72. The quantitative estimate of drug-likeness (QED) is 0.258. The molecule has 0 radical (unpaired) electrons. The fourth-order valence-electron chi connectivity index (χ4n) is 3.54. The molecule has 0 saturated heterocycles. The average Bonchev–Trinajstić information content (AvgIpc) is 3.37. The molecule has 0 N–H and O–H groups in total. The van der Waals surface area contributed by atoms with Gasteiger partial charge in [0, 0.05) is 6.42 Å². The number of halogens is 2. The Kier molecular flexibility index (Phi) is 6.26. The molecule has 1 fully saturated rings. The van der Waals surface area contributed by atoms with Gasteiger partial charge >= 0.3 is 5.97 Å². The molecule has 1 aliphatic carbocycles. The molecule has 1 saturated carbocycles. The third-order valence-electron chi connectivity index (χ3n) is 5.24. The van der Waals surface area contributed by atoms with Crippen molar-refractivity contribution in [2.75, 3.05) is 6.61 Å². The zero-order valence-corrected chi connectivity index (χ0v) is 19.4. The van der Waals surface area contributed by atoms with E-state index < -0.39 is 9.20 Å². The van der Waals surface area contributed by atoms with E-state index in [1.54, 1.807) is 0 Å². The molecule has 1 aliphatic rings. The third kappa shape index (κ3) is 4.58. The van der Waals surface area contributed by atoms with Crippen molar-refractivity contribution in [3.8, 4) is 17.2 Å². The summed E-state index contributed by atoms with van der Waals surface area (Å²) in [4.78, 5) is 13.1. The van der Waals surface area contributed by atoms with Gasteiger partial charge < -0.3 is 14.2 Å². The fourth-order valence-corrected chi connectivity index (χ4v) is 4.74. The molecule has 0 aromatic heterocycles. The molecule has 0 spiro atoms. The van der Waals surface area contributed by atoms with Gasteiger partial charge in [0.15, 0.2) is 0 Å². The van der Waals surface area contributed by atoms with Crippen LogP contribution < -0.4 is 9.47 Å². The van der Waals surface area contributed by atoms with Crippen LogP contribution >= 0.6 is 27.5 Å². The van der Waals surface area contributed by atoms with Crippen LogP contribution in [0.25, 0.3) is 0 Å². The summed E-state index contributed by atoms with van der Waals surface area (Å²) in [6, 6.07) is 24.4. The Labute approximate surface area is 195 Å². The van der Waals surface area contributed by atoms with Crippen molar-refractivity contribution in [2.45, 2.75) is 29.1 Å². The lowest BCUT2D eigenvalue weighted by molar-refractivity contribution is -0.148. The predicted octanol–water partition coefficient (Wildman–Crippen LogP) is 6.59. The zero-order valence-electron chi connectivity index (χ0n) is 17.0. The molecule has 0 unspecified atom stereocenters. The topological polar surface area (TPSA) is 44.8 Å². The van der Waals surface area contributed by atoms with E-state index in [0.717, 1.165) is 22.6 Å². The van der Waals surface area contributed by atoms with Crippen LogP contribution in [0.2, 0.25) is 0 Å². The molecule has 0 heterocycles. The Hall–Kier alpha value is -2.50. The molecule has 4 nitrogen and oxygen atoms in total. The van der Waals surface area contributed by atoms with Crippen LogP contribution in [0.3, 0.4) is 0 Å². The van der Waals surface area contributed by atoms with E-state index in [4.69, 9.17) is 25.8 Å². The van der Waals surface area contributed by atoms with Crippen LogP contribution in [-0.2, 0) is 21.6 Å². The average molecular weight is 502 g/mol. The molecule has 0 aliphatic heterocycles. The fraction of sp³-hybridized carbons (Fsp3) is 0.240. The smallest absolute Gasteiger partial charge is 0.319 e. The normalized spacial score (nSPS) is 21.9. The summed E-state index contributed by atoms with van der Waals surface area (Å²) in [6.45, 7) is 2.64. The van der Waals surface area contributed by atoms with Gasteiger partial charge in [0.05, 0.1) is 6.61 Å². The summed E-state index contributed by atoms with van der Waals surface area (Å²) in [7, 11) is 0. The van der Waals surface area contributed by atoms with Gasteiger partial charge in [0.1, 0.15) is 33.1 Å². The second-order valence-corrected chi connectivity index (χ2v) is 9.84. The molecular formula is C25H22BrClO4. The number of hydrogen-bond donors (Lipinski definition) is 0. The number of ether oxygens (including phenoxy) is 3. The van der Waals surface area contributed by atoms with Crippen molar-refractivity contribution in [3.05, 3.63) is 90.0 Å². The number of carbonyl (C=O) groups excluding carboxylic acids is 1. The first kappa shape index (κ1) is 21.7. The first-order valence-electron chi connectivity index (χ1n) is 10.0. The van der Waals surface area contributed by atoms with E-state index >= 15 is 0 Å². The molecule has 6 heteroatoms. The first-order chi connectivity index (χ1) is 14.9. The Morgan fingerprint density at radius 1 is 0.968 bits per heavy atom. The lowest BCUT2D eigenvalue weighted by Crippen LogP contribution is -2.28. The SMILES string of the molecule is CCOc1ccc([C@@]2(C(=O)OCc3cccc(Oc4ccccc4)c3)C[C@]2(Cl)Br)cc1. The summed E-state index contributed by atoms with van der Waals surface area (Å²) in [5.74, 6) is 1.81. The van der Waals surface area contributed by atoms with Crippen LogP contribution in [0.1, 0.15) is 24.5 Å². The summed E-state index contributed by atoms with van der Waals surface area (Å²) < 4.78 is 16.2. The summed E-state index contributed by atoms with van der Waals surface area (Å²) in [6.07, 6.45) is 0.450. The van der Waals surface area contributed by atoms with Gasteiger partial charge in [0.2, 0.25) is 0 Å². The number of hydrogen-bond acceptors (Lipinski definition) is 4. The Morgan fingerprint density at radius 3 is 2.29 bits per heavy atom. The highest BCUT2D eigenvalue weighted by Crippen LogP contribution is 2.66. The summed E-state index contributed by atoms with van der Waals surface area (Å²) >= 11 is 10.0. The number of esters is 1. The van der Waals surface area contributed by atoms with Gasteiger partial charge in [-0.15, -0.1) is 11.6 Å². The van der Waals surface area contributed by atoms with Crippen molar-refractivity contribution in [1.29, 1.82) is 0 Å². The lowest BCUT2D eigenvalue weighted by atomic mass is 9.96. The number of para-hydroxylation sites is 1. The van der Waals surface area contributed by atoms with Crippen LogP contribution in [-0.4, -0.2) is 16.4 Å². The van der Waals surface area contributed by atoms with Crippen LogP contribution in [0, 0.1) is 0 Å². The second kappa shape index (κ2) is 8.93. The standard InChI is InChI=1S/C25H22BrClO4/c1-2-29-20-13-11-19(12-14-20)24(17-25(24,26)27)23(28)30-16-18-7-6-10-22(15-18)31-21-8-4-3-5-9-21/h3-15H,2,16-17H2,1H3/t24-,25-/m1/s1. The summed E-state index contributed by atoms with van der Waals surface area (Å²) in [5, 5.41) is 0. The van der Waals surface area contributed by atoms with Crippen LogP contribution in [0.15, 0.2) is 78.9 Å². The maximum Gasteiger partial charge on any atom is 0.319 e. The lowest BCUT2D eigenvalue weighted by Gasteiger charge is -2.18. The number of rotatable bonds is 8. The van der Waals surface area contributed by atoms with Crippen molar-refractivity contribution in [1.82, 2.24) is 0 Å². The number of alkyl halides is 2. The Balaban J connectivity index is 1.45. The molecule has 0 amide bonds. The minimum atomic E-state index is -0.933. The third-order valence-corrected chi connectivity index (χ3v) is 6.65. The Bertz CT molecular complexity index is 1050. The van der Waals surface area contributed by atoms with Crippen molar-refractivity contribution >= 4 is 33.5 Å². The molecule has 160 valence electrons. The largest absolute Gasteiger partial charge is 0.494 e. The van der Waals surface area contributed by atoms with Crippen LogP contribution in [0.5, 0.6) is 17.2 Å².